The third kappa shape index (κ3) is 5.86. The molecular formula is C27H27Cl2N5O2. The molecule has 0 saturated heterocycles. The molecule has 1 saturated carbocycles. The quantitative estimate of drug-likeness (QED) is 0.358. The molecule has 1 aliphatic heterocycles. The highest BCUT2D eigenvalue weighted by atomic mass is 35.5. The Morgan fingerprint density at radius 1 is 1.03 bits per heavy atom. The van der Waals surface area contributed by atoms with Crippen LogP contribution in [0, 0.1) is 0 Å². The number of halogens is 2. The highest BCUT2D eigenvalue weighted by Gasteiger charge is 2.23. The average Bonchev–Trinajstić information content (AvgIpc) is 3.51. The van der Waals surface area contributed by atoms with Gasteiger partial charge in [-0.25, -0.2) is 9.48 Å². The number of benzene rings is 2. The zero-order chi connectivity index (χ0) is 25.1. The molecule has 186 valence electrons. The van der Waals surface area contributed by atoms with E-state index in [1.54, 1.807) is 35.0 Å². The minimum absolute atomic E-state index is 0.378. The van der Waals surface area contributed by atoms with Crippen LogP contribution < -0.4 is 15.4 Å². The van der Waals surface area contributed by atoms with Gasteiger partial charge in [0.2, 0.25) is 0 Å². The largest absolute Gasteiger partial charge is 0.458 e. The normalized spacial score (nSPS) is 15.6. The third-order valence-electron chi connectivity index (χ3n) is 6.26. The fraction of sp³-hybridized carbons (Fsp3) is 0.259. The second-order valence-corrected chi connectivity index (χ2v) is 9.92. The molecule has 2 N–H and O–H groups in total. The van der Waals surface area contributed by atoms with Crippen LogP contribution in [-0.2, 0) is 0 Å². The number of aromatic nitrogens is 2. The molecular weight excluding hydrogens is 497 g/mol. The van der Waals surface area contributed by atoms with Gasteiger partial charge in [-0.15, -0.1) is 0 Å². The van der Waals surface area contributed by atoms with Crippen LogP contribution in [0.25, 0.3) is 5.69 Å². The number of urea groups is 1. The Morgan fingerprint density at radius 3 is 2.42 bits per heavy atom. The maximum absolute atomic E-state index is 12.9. The summed E-state index contributed by atoms with van der Waals surface area (Å²) in [5.74, 6) is 2.41. The van der Waals surface area contributed by atoms with Crippen molar-refractivity contribution in [3.05, 3.63) is 88.4 Å². The van der Waals surface area contributed by atoms with Gasteiger partial charge in [0.15, 0.2) is 0 Å². The number of hydrogen-bond donors (Lipinski definition) is 2. The summed E-state index contributed by atoms with van der Waals surface area (Å²) in [7, 11) is 2.00. The molecule has 3 aromatic rings. The van der Waals surface area contributed by atoms with Crippen LogP contribution in [0.3, 0.4) is 0 Å². The highest BCUT2D eigenvalue weighted by molar-refractivity contribution is 6.34. The van der Waals surface area contributed by atoms with E-state index >= 15 is 0 Å². The molecule has 0 spiro atoms. The lowest BCUT2D eigenvalue weighted by atomic mass is 10.0. The number of carbonyl (C=O) groups excluding carboxylic acids is 1. The summed E-state index contributed by atoms with van der Waals surface area (Å²) < 4.78 is 7.57. The Hall–Kier alpha value is -3.42. The summed E-state index contributed by atoms with van der Waals surface area (Å²) in [6, 6.07) is 14.0. The Bertz CT molecular complexity index is 1290. The Morgan fingerprint density at radius 2 is 1.75 bits per heavy atom. The first-order chi connectivity index (χ1) is 17.4. The molecule has 2 aromatic carbocycles. The summed E-state index contributed by atoms with van der Waals surface area (Å²) in [5, 5.41) is 11.6. The molecule has 0 atom stereocenters. The molecule has 5 rings (SSSR count). The Kier molecular flexibility index (Phi) is 7.20. The molecule has 0 unspecified atom stereocenters. The second-order valence-electron chi connectivity index (χ2n) is 9.04. The van der Waals surface area contributed by atoms with Gasteiger partial charge in [-0.2, -0.15) is 5.10 Å². The number of amides is 2. The van der Waals surface area contributed by atoms with Crippen LogP contribution in [-0.4, -0.2) is 34.3 Å². The minimum Gasteiger partial charge on any atom is -0.458 e. The number of nitrogens with one attached hydrogen (secondary N) is 2. The lowest BCUT2D eigenvalue weighted by Crippen LogP contribution is -2.21. The van der Waals surface area contributed by atoms with Gasteiger partial charge in [-0.3, -0.25) is 5.32 Å². The molecule has 0 radical (unpaired) electrons. The lowest BCUT2D eigenvalue weighted by Gasteiger charge is -2.17. The Labute approximate surface area is 220 Å². The Balaban J connectivity index is 1.30. The fourth-order valence-corrected chi connectivity index (χ4v) is 4.94. The summed E-state index contributed by atoms with van der Waals surface area (Å²) in [4.78, 5) is 15.0. The van der Waals surface area contributed by atoms with E-state index in [0.717, 1.165) is 30.8 Å². The van der Waals surface area contributed by atoms with Crippen LogP contribution in [0.15, 0.2) is 72.6 Å². The number of nitrogens with zero attached hydrogens (tertiary/aromatic N) is 3. The molecule has 7 nitrogen and oxygen atoms in total. The molecule has 9 heteroatoms. The number of ether oxygens (including phenoxy) is 1. The zero-order valence-corrected chi connectivity index (χ0v) is 21.4. The van der Waals surface area contributed by atoms with E-state index in [0.29, 0.717) is 38.9 Å². The van der Waals surface area contributed by atoms with Crippen LogP contribution in [0.5, 0.6) is 5.75 Å². The van der Waals surface area contributed by atoms with Crippen molar-refractivity contribution >= 4 is 40.7 Å². The van der Waals surface area contributed by atoms with Gasteiger partial charge in [0, 0.05) is 47.5 Å². The average molecular weight is 524 g/mol. The van der Waals surface area contributed by atoms with Gasteiger partial charge < -0.3 is 15.0 Å². The van der Waals surface area contributed by atoms with Gasteiger partial charge in [0.05, 0.1) is 11.4 Å². The number of anilines is 2. The highest BCUT2D eigenvalue weighted by Crippen LogP contribution is 2.35. The van der Waals surface area contributed by atoms with Crippen molar-refractivity contribution in [3.63, 3.8) is 0 Å². The van der Waals surface area contributed by atoms with Crippen molar-refractivity contribution in [2.45, 2.75) is 31.6 Å². The number of carbonyl (C=O) groups is 1. The SMILES string of the molecule is CN1C=CC(Oc2ccc(NC(=O)Nc3cc(C4CCCC4)nn3-c3cc(Cl)cc(Cl)c3)cc2)=CC1. The zero-order valence-electron chi connectivity index (χ0n) is 19.9. The summed E-state index contributed by atoms with van der Waals surface area (Å²) in [6.45, 7) is 0.798. The molecule has 1 aromatic heterocycles. The maximum atomic E-state index is 12.9. The minimum atomic E-state index is -0.378. The predicted molar refractivity (Wildman–Crippen MR) is 144 cm³/mol. The van der Waals surface area contributed by atoms with Gasteiger partial charge in [0.25, 0.3) is 0 Å². The fourth-order valence-electron chi connectivity index (χ4n) is 4.43. The van der Waals surface area contributed by atoms with E-state index in [9.17, 15) is 4.79 Å². The second kappa shape index (κ2) is 10.7. The van der Waals surface area contributed by atoms with E-state index in [4.69, 9.17) is 33.0 Å². The maximum Gasteiger partial charge on any atom is 0.324 e. The van der Waals surface area contributed by atoms with Crippen molar-refractivity contribution in [2.75, 3.05) is 24.2 Å². The molecule has 1 fully saturated rings. The molecule has 1 aliphatic carbocycles. The number of hydrogen-bond acceptors (Lipinski definition) is 4. The first kappa shape index (κ1) is 24.3. The summed E-state index contributed by atoms with van der Waals surface area (Å²) >= 11 is 12.5. The number of rotatable bonds is 6. The topological polar surface area (TPSA) is 71.4 Å². The summed E-state index contributed by atoms with van der Waals surface area (Å²) in [6.07, 6.45) is 10.5. The molecule has 2 aliphatic rings. The van der Waals surface area contributed by atoms with Crippen LogP contribution in [0.4, 0.5) is 16.3 Å². The van der Waals surface area contributed by atoms with E-state index in [1.807, 2.05) is 43.6 Å². The van der Waals surface area contributed by atoms with Crippen molar-refractivity contribution in [3.8, 4) is 11.4 Å². The van der Waals surface area contributed by atoms with Gasteiger partial charge in [-0.05, 0) is 67.5 Å². The molecule has 0 bridgehead atoms. The lowest BCUT2D eigenvalue weighted by molar-refractivity contribution is 0.262. The first-order valence-electron chi connectivity index (χ1n) is 11.9. The molecule has 36 heavy (non-hydrogen) atoms. The predicted octanol–water partition coefficient (Wildman–Crippen LogP) is 7.20. The van der Waals surface area contributed by atoms with Crippen LogP contribution >= 0.6 is 23.2 Å². The third-order valence-corrected chi connectivity index (χ3v) is 6.69. The summed E-state index contributed by atoms with van der Waals surface area (Å²) in [5.41, 5.74) is 2.28. The van der Waals surface area contributed by atoms with Crippen molar-refractivity contribution in [1.82, 2.24) is 14.7 Å². The van der Waals surface area contributed by atoms with Gasteiger partial charge in [-0.1, -0.05) is 36.0 Å². The van der Waals surface area contributed by atoms with E-state index < -0.39 is 0 Å². The van der Waals surface area contributed by atoms with E-state index in [1.165, 1.54) is 12.8 Å². The van der Waals surface area contributed by atoms with Crippen LogP contribution in [0.1, 0.15) is 37.3 Å². The van der Waals surface area contributed by atoms with Crippen LogP contribution in [0.2, 0.25) is 10.0 Å². The van der Waals surface area contributed by atoms with Crippen molar-refractivity contribution in [1.29, 1.82) is 0 Å². The number of allylic oxidation sites excluding steroid dienone is 1. The van der Waals surface area contributed by atoms with E-state index in [-0.39, 0.29) is 6.03 Å². The van der Waals surface area contributed by atoms with E-state index in [2.05, 4.69) is 15.5 Å². The monoisotopic (exact) mass is 523 g/mol. The van der Waals surface area contributed by atoms with Crippen molar-refractivity contribution in [2.24, 2.45) is 0 Å². The molecule has 2 heterocycles. The smallest absolute Gasteiger partial charge is 0.324 e. The van der Waals surface area contributed by atoms with Crippen molar-refractivity contribution < 1.29 is 9.53 Å². The van der Waals surface area contributed by atoms with Gasteiger partial charge in [0.1, 0.15) is 17.3 Å². The number of likely N-dealkylation sites (N-methyl/N-ethyl adjacent to an activating group) is 1. The molecule has 2 amide bonds. The standard InChI is InChI=1S/C27H27Cl2N5O2/c1-33-12-10-24(11-13-33)36-23-8-6-21(7-9-23)30-27(35)31-26-17-25(18-4-2-3-5-18)32-34(26)22-15-19(28)14-20(29)16-22/h6-12,14-18H,2-5,13H2,1H3,(H2,30,31,35). The van der Waals surface area contributed by atoms with Gasteiger partial charge >= 0.3 is 6.03 Å². The first-order valence-corrected chi connectivity index (χ1v) is 12.7.